The molecular formula is C18H18ClNO2. The molecule has 0 saturated carbocycles. The summed E-state index contributed by atoms with van der Waals surface area (Å²) in [6.45, 7) is 1.74. The first-order valence-corrected chi connectivity index (χ1v) is 7.81. The molecule has 114 valence electrons. The van der Waals surface area contributed by atoms with Crippen molar-refractivity contribution in [2.45, 2.75) is 18.3 Å². The van der Waals surface area contributed by atoms with Gasteiger partial charge in [0.1, 0.15) is 0 Å². The van der Waals surface area contributed by atoms with Crippen molar-refractivity contribution in [3.8, 4) is 0 Å². The molecule has 0 radical (unpaired) electrons. The van der Waals surface area contributed by atoms with Gasteiger partial charge in [-0.25, -0.2) is 4.79 Å². The van der Waals surface area contributed by atoms with Crippen LogP contribution in [0.4, 0.5) is 0 Å². The zero-order chi connectivity index (χ0) is 15.6. The number of benzene rings is 2. The van der Waals surface area contributed by atoms with E-state index in [9.17, 15) is 9.90 Å². The highest BCUT2D eigenvalue weighted by atomic mass is 35.5. The van der Waals surface area contributed by atoms with E-state index in [2.05, 4.69) is 5.32 Å². The first kappa shape index (κ1) is 15.1. The summed E-state index contributed by atoms with van der Waals surface area (Å²) in [5.74, 6) is -0.873. The van der Waals surface area contributed by atoms with Crippen LogP contribution in [-0.2, 0) is 5.41 Å². The second-order valence-corrected chi connectivity index (χ2v) is 6.13. The van der Waals surface area contributed by atoms with Crippen molar-refractivity contribution in [1.29, 1.82) is 0 Å². The normalized spacial score (nSPS) is 17.1. The molecule has 0 bridgehead atoms. The maximum atomic E-state index is 11.7. The predicted octanol–water partition coefficient (Wildman–Crippen LogP) is 3.71. The molecule has 3 rings (SSSR count). The van der Waals surface area contributed by atoms with Crippen molar-refractivity contribution in [3.63, 3.8) is 0 Å². The molecular weight excluding hydrogens is 298 g/mol. The summed E-state index contributed by atoms with van der Waals surface area (Å²) < 4.78 is 0. The molecule has 0 amide bonds. The van der Waals surface area contributed by atoms with E-state index in [0.717, 1.165) is 37.1 Å². The van der Waals surface area contributed by atoms with Crippen LogP contribution in [0.2, 0.25) is 5.02 Å². The topological polar surface area (TPSA) is 49.3 Å². The van der Waals surface area contributed by atoms with Gasteiger partial charge in [0.05, 0.1) is 5.56 Å². The summed E-state index contributed by atoms with van der Waals surface area (Å²) in [5, 5.41) is 13.6. The number of carboxylic acids is 1. The van der Waals surface area contributed by atoms with Crippen LogP contribution in [0.3, 0.4) is 0 Å². The summed E-state index contributed by atoms with van der Waals surface area (Å²) in [6, 6.07) is 15.1. The minimum absolute atomic E-state index is 0.273. The standard InChI is InChI=1S/C18H18ClNO2/c19-14-7-5-13(6-8-14)18(9-11-20-12-10-18)16-4-2-1-3-15(16)17(21)22/h1-8,20H,9-12H2,(H,21,22). The Morgan fingerprint density at radius 3 is 2.32 bits per heavy atom. The Kier molecular flexibility index (Phi) is 4.19. The highest BCUT2D eigenvalue weighted by Crippen LogP contribution is 2.42. The smallest absolute Gasteiger partial charge is 0.335 e. The van der Waals surface area contributed by atoms with Crippen LogP contribution >= 0.6 is 11.6 Å². The first-order valence-electron chi connectivity index (χ1n) is 7.43. The quantitative estimate of drug-likeness (QED) is 0.908. The lowest BCUT2D eigenvalue weighted by atomic mass is 9.67. The van der Waals surface area contributed by atoms with E-state index in [4.69, 9.17) is 11.6 Å². The number of carboxylic acid groups (broad SMARTS) is 1. The monoisotopic (exact) mass is 315 g/mol. The highest BCUT2D eigenvalue weighted by Gasteiger charge is 2.38. The van der Waals surface area contributed by atoms with Gasteiger partial charge in [-0.2, -0.15) is 0 Å². The molecule has 3 nitrogen and oxygen atoms in total. The molecule has 4 heteroatoms. The van der Waals surface area contributed by atoms with E-state index in [0.29, 0.717) is 10.6 Å². The average molecular weight is 316 g/mol. The number of hydrogen-bond acceptors (Lipinski definition) is 2. The summed E-state index contributed by atoms with van der Waals surface area (Å²) in [6.07, 6.45) is 1.75. The van der Waals surface area contributed by atoms with E-state index >= 15 is 0 Å². The van der Waals surface area contributed by atoms with Crippen LogP contribution in [0.15, 0.2) is 48.5 Å². The number of hydrogen-bond donors (Lipinski definition) is 2. The van der Waals surface area contributed by atoms with Gasteiger partial charge in [0.2, 0.25) is 0 Å². The van der Waals surface area contributed by atoms with Gasteiger partial charge in [0.15, 0.2) is 0 Å². The number of piperidine rings is 1. The van der Waals surface area contributed by atoms with E-state index in [1.165, 1.54) is 0 Å². The SMILES string of the molecule is O=C(O)c1ccccc1C1(c2ccc(Cl)cc2)CCNCC1. The second-order valence-electron chi connectivity index (χ2n) is 5.69. The summed E-state index contributed by atoms with van der Waals surface area (Å²) >= 11 is 6.02. The molecule has 0 aromatic heterocycles. The van der Waals surface area contributed by atoms with Gasteiger partial charge in [0.25, 0.3) is 0 Å². The Morgan fingerprint density at radius 1 is 1.05 bits per heavy atom. The lowest BCUT2D eigenvalue weighted by Gasteiger charge is -2.39. The van der Waals surface area contributed by atoms with Gasteiger partial charge in [-0.15, -0.1) is 0 Å². The molecule has 1 saturated heterocycles. The molecule has 0 atom stereocenters. The van der Waals surface area contributed by atoms with Gasteiger partial charge < -0.3 is 10.4 Å². The summed E-state index contributed by atoms with van der Waals surface area (Å²) in [4.78, 5) is 11.7. The lowest BCUT2D eigenvalue weighted by molar-refractivity contribution is 0.0693. The highest BCUT2D eigenvalue weighted by molar-refractivity contribution is 6.30. The maximum Gasteiger partial charge on any atom is 0.335 e. The van der Waals surface area contributed by atoms with Crippen LogP contribution in [0.25, 0.3) is 0 Å². The zero-order valence-electron chi connectivity index (χ0n) is 12.2. The van der Waals surface area contributed by atoms with E-state index in [-0.39, 0.29) is 5.41 Å². The zero-order valence-corrected chi connectivity index (χ0v) is 12.9. The third kappa shape index (κ3) is 2.62. The summed E-state index contributed by atoms with van der Waals surface area (Å²) in [5.41, 5.74) is 2.14. The maximum absolute atomic E-state index is 11.7. The second kappa shape index (κ2) is 6.11. The van der Waals surface area contributed by atoms with E-state index < -0.39 is 5.97 Å². The van der Waals surface area contributed by atoms with E-state index in [1.54, 1.807) is 12.1 Å². The van der Waals surface area contributed by atoms with Crippen LogP contribution in [0, 0.1) is 0 Å². The molecule has 1 aliphatic rings. The van der Waals surface area contributed by atoms with Gasteiger partial charge in [-0.3, -0.25) is 0 Å². The van der Waals surface area contributed by atoms with Crippen molar-refractivity contribution >= 4 is 17.6 Å². The average Bonchev–Trinajstić information content (AvgIpc) is 2.56. The van der Waals surface area contributed by atoms with Crippen LogP contribution in [0.1, 0.15) is 34.3 Å². The molecule has 22 heavy (non-hydrogen) atoms. The third-order valence-electron chi connectivity index (χ3n) is 4.53. The fraction of sp³-hybridized carbons (Fsp3) is 0.278. The van der Waals surface area contributed by atoms with Gasteiger partial charge >= 0.3 is 5.97 Å². The number of aromatic carboxylic acids is 1. The Labute approximate surface area is 134 Å². The molecule has 2 N–H and O–H groups in total. The molecule has 0 aliphatic carbocycles. The Hall–Kier alpha value is -1.84. The molecule has 1 heterocycles. The van der Waals surface area contributed by atoms with Gasteiger partial charge in [-0.05, 0) is 55.3 Å². The molecule has 0 spiro atoms. The fourth-order valence-electron chi connectivity index (χ4n) is 3.42. The number of nitrogens with one attached hydrogen (secondary N) is 1. The van der Waals surface area contributed by atoms with Gasteiger partial charge in [0, 0.05) is 10.4 Å². The summed E-state index contributed by atoms with van der Waals surface area (Å²) in [7, 11) is 0. The Bertz CT molecular complexity index is 676. The van der Waals surface area contributed by atoms with Crippen molar-refractivity contribution in [2.24, 2.45) is 0 Å². The predicted molar refractivity (Wildman–Crippen MR) is 87.7 cm³/mol. The van der Waals surface area contributed by atoms with Crippen LogP contribution in [-0.4, -0.2) is 24.2 Å². The van der Waals surface area contributed by atoms with Crippen LogP contribution < -0.4 is 5.32 Å². The molecule has 1 fully saturated rings. The lowest BCUT2D eigenvalue weighted by Crippen LogP contribution is -2.41. The van der Waals surface area contributed by atoms with Crippen molar-refractivity contribution in [1.82, 2.24) is 5.32 Å². The van der Waals surface area contributed by atoms with Crippen LogP contribution in [0.5, 0.6) is 0 Å². The third-order valence-corrected chi connectivity index (χ3v) is 4.78. The number of carbonyl (C=O) groups is 1. The Morgan fingerprint density at radius 2 is 1.68 bits per heavy atom. The Balaban J connectivity index is 2.19. The minimum Gasteiger partial charge on any atom is -0.478 e. The number of halogens is 1. The molecule has 0 unspecified atom stereocenters. The van der Waals surface area contributed by atoms with E-state index in [1.807, 2.05) is 36.4 Å². The molecule has 2 aromatic carbocycles. The molecule has 2 aromatic rings. The fourth-order valence-corrected chi connectivity index (χ4v) is 3.55. The number of rotatable bonds is 3. The molecule has 1 aliphatic heterocycles. The van der Waals surface area contributed by atoms with Crippen molar-refractivity contribution in [3.05, 3.63) is 70.2 Å². The first-order chi connectivity index (χ1) is 10.6. The van der Waals surface area contributed by atoms with Crippen molar-refractivity contribution in [2.75, 3.05) is 13.1 Å². The van der Waals surface area contributed by atoms with Gasteiger partial charge in [-0.1, -0.05) is 41.9 Å². The van der Waals surface area contributed by atoms with Crippen molar-refractivity contribution < 1.29 is 9.90 Å². The minimum atomic E-state index is -0.873. The largest absolute Gasteiger partial charge is 0.478 e.